The van der Waals surface area contributed by atoms with E-state index >= 15 is 0 Å². The molecule has 0 saturated heterocycles. The summed E-state index contributed by atoms with van der Waals surface area (Å²) in [6.07, 6.45) is 11.4. The van der Waals surface area contributed by atoms with Crippen molar-refractivity contribution in [3.63, 3.8) is 0 Å². The maximum Gasteiger partial charge on any atom is 0.131 e. The Morgan fingerprint density at radius 3 is 2.25 bits per heavy atom. The maximum atomic E-state index is 4.63. The Bertz CT molecular complexity index is 484. The molecule has 5 fully saturated rings. The third-order valence-electron chi connectivity index (χ3n) is 6.08. The van der Waals surface area contributed by atoms with Gasteiger partial charge in [-0.15, -0.1) is 10.2 Å². The average Bonchev–Trinajstić information content (AvgIpc) is 3.11. The number of nitrogens with zero attached hydrogens (tertiary/aromatic N) is 2. The molecule has 5 aliphatic rings. The quantitative estimate of drug-likeness (QED) is 0.924. The first-order valence-corrected chi connectivity index (χ1v) is 9.17. The van der Waals surface area contributed by atoms with Gasteiger partial charge in [0, 0.05) is 18.0 Å². The number of nitrogens with one attached hydrogen (secondary N) is 1. The summed E-state index contributed by atoms with van der Waals surface area (Å²) in [6, 6.07) is 0.766. The van der Waals surface area contributed by atoms with E-state index in [1.807, 2.05) is 11.3 Å². The van der Waals surface area contributed by atoms with Gasteiger partial charge in [-0.25, -0.2) is 0 Å². The summed E-state index contributed by atoms with van der Waals surface area (Å²) in [6.45, 7) is 0.939. The molecule has 108 valence electrons. The minimum absolute atomic E-state index is 0.435. The van der Waals surface area contributed by atoms with Gasteiger partial charge in [0.1, 0.15) is 10.0 Å². The molecule has 1 aromatic heterocycles. The highest BCUT2D eigenvalue weighted by atomic mass is 32.1. The molecule has 1 aromatic rings. The Labute approximate surface area is 124 Å². The number of hydrogen-bond donors (Lipinski definition) is 1. The summed E-state index contributed by atoms with van der Waals surface area (Å²) < 4.78 is 0. The van der Waals surface area contributed by atoms with Crippen LogP contribution in [0.2, 0.25) is 0 Å². The van der Waals surface area contributed by atoms with Crippen molar-refractivity contribution in [3.05, 3.63) is 10.0 Å². The monoisotopic (exact) mass is 289 g/mol. The molecule has 0 amide bonds. The van der Waals surface area contributed by atoms with E-state index in [0.717, 1.165) is 30.3 Å². The minimum atomic E-state index is 0.435. The van der Waals surface area contributed by atoms with Crippen LogP contribution < -0.4 is 5.32 Å². The van der Waals surface area contributed by atoms with Crippen LogP contribution in [-0.2, 0) is 12.0 Å². The highest BCUT2D eigenvalue weighted by Crippen LogP contribution is 2.60. The highest BCUT2D eigenvalue weighted by molar-refractivity contribution is 7.11. The Kier molecular flexibility index (Phi) is 2.58. The van der Waals surface area contributed by atoms with Gasteiger partial charge in [-0.05, 0) is 69.1 Å². The first-order valence-electron chi connectivity index (χ1n) is 8.35. The molecule has 5 saturated carbocycles. The molecule has 3 nitrogen and oxygen atoms in total. The van der Waals surface area contributed by atoms with Crippen molar-refractivity contribution in [3.8, 4) is 0 Å². The van der Waals surface area contributed by atoms with Crippen molar-refractivity contribution in [1.82, 2.24) is 15.5 Å². The van der Waals surface area contributed by atoms with Gasteiger partial charge in [0.25, 0.3) is 0 Å². The van der Waals surface area contributed by atoms with Crippen LogP contribution in [0.15, 0.2) is 0 Å². The van der Waals surface area contributed by atoms with Crippen LogP contribution in [0.3, 0.4) is 0 Å². The van der Waals surface area contributed by atoms with Crippen LogP contribution in [-0.4, -0.2) is 16.2 Å². The van der Waals surface area contributed by atoms with Crippen LogP contribution in [0, 0.1) is 17.8 Å². The molecular weight excluding hydrogens is 266 g/mol. The second-order valence-corrected chi connectivity index (χ2v) is 8.92. The molecule has 0 aromatic carbocycles. The third-order valence-corrected chi connectivity index (χ3v) is 7.25. The fourth-order valence-corrected chi connectivity index (χ4v) is 6.44. The van der Waals surface area contributed by atoms with Crippen molar-refractivity contribution < 1.29 is 0 Å². The lowest BCUT2D eigenvalue weighted by Crippen LogP contribution is -2.48. The van der Waals surface area contributed by atoms with Gasteiger partial charge in [-0.1, -0.05) is 11.3 Å². The first-order chi connectivity index (χ1) is 9.79. The zero-order valence-corrected chi connectivity index (χ0v) is 12.8. The van der Waals surface area contributed by atoms with Gasteiger partial charge >= 0.3 is 0 Å². The fourth-order valence-electron chi connectivity index (χ4n) is 5.43. The van der Waals surface area contributed by atoms with Gasteiger partial charge in [0.15, 0.2) is 0 Å². The lowest BCUT2D eigenvalue weighted by Gasteiger charge is -2.55. The predicted octanol–water partition coefficient (Wildman–Crippen LogP) is 3.26. The molecule has 4 heteroatoms. The van der Waals surface area contributed by atoms with E-state index in [2.05, 4.69) is 15.5 Å². The van der Waals surface area contributed by atoms with Crippen LogP contribution in [0.25, 0.3) is 0 Å². The van der Waals surface area contributed by atoms with E-state index < -0.39 is 0 Å². The minimum Gasteiger partial charge on any atom is -0.308 e. The Morgan fingerprint density at radius 1 is 1.00 bits per heavy atom. The normalized spacial score (nSPS) is 42.3. The zero-order chi connectivity index (χ0) is 13.2. The molecule has 6 rings (SSSR count). The molecule has 0 atom stereocenters. The first kappa shape index (κ1) is 12.1. The van der Waals surface area contributed by atoms with Crippen molar-refractivity contribution in [2.24, 2.45) is 17.8 Å². The topological polar surface area (TPSA) is 37.8 Å². The summed E-state index contributed by atoms with van der Waals surface area (Å²) in [7, 11) is 0. The summed E-state index contributed by atoms with van der Waals surface area (Å²) in [5.41, 5.74) is 0.435. The molecule has 1 N–H and O–H groups in total. The number of hydrogen-bond acceptors (Lipinski definition) is 4. The van der Waals surface area contributed by atoms with Gasteiger partial charge in [-0.3, -0.25) is 0 Å². The zero-order valence-electron chi connectivity index (χ0n) is 12.0. The molecule has 0 radical (unpaired) electrons. The SMILES string of the molecule is C(NC1CC1)c1nnc(C23CC4CC(CC(C4)C2)C3)s1. The Hall–Kier alpha value is -0.480. The summed E-state index contributed by atoms with van der Waals surface area (Å²) >= 11 is 1.91. The summed E-state index contributed by atoms with van der Waals surface area (Å²) in [4.78, 5) is 0. The summed E-state index contributed by atoms with van der Waals surface area (Å²) in [5.74, 6) is 2.99. The molecule has 4 bridgehead atoms. The van der Waals surface area contributed by atoms with Gasteiger partial charge < -0.3 is 5.32 Å². The van der Waals surface area contributed by atoms with E-state index in [1.54, 1.807) is 0 Å². The lowest BCUT2D eigenvalue weighted by atomic mass is 9.50. The molecule has 0 unspecified atom stereocenters. The number of aromatic nitrogens is 2. The third kappa shape index (κ3) is 1.95. The molecular formula is C16H23N3S. The van der Waals surface area contributed by atoms with Crippen molar-refractivity contribution in [1.29, 1.82) is 0 Å². The van der Waals surface area contributed by atoms with Crippen molar-refractivity contribution in [2.45, 2.75) is 69.4 Å². The fraction of sp³-hybridized carbons (Fsp3) is 0.875. The van der Waals surface area contributed by atoms with Crippen LogP contribution in [0.1, 0.15) is 61.4 Å². The maximum absolute atomic E-state index is 4.63. The van der Waals surface area contributed by atoms with E-state index in [0.29, 0.717) is 5.41 Å². The van der Waals surface area contributed by atoms with E-state index in [1.165, 1.54) is 61.4 Å². The van der Waals surface area contributed by atoms with Gasteiger partial charge in [0.2, 0.25) is 0 Å². The van der Waals surface area contributed by atoms with Crippen LogP contribution in [0.5, 0.6) is 0 Å². The standard InChI is InChI=1S/C16H23N3S/c1-2-13(1)17-9-14-18-19-15(20-14)16-6-10-3-11(7-16)5-12(4-10)8-16/h10-13,17H,1-9H2. The second kappa shape index (κ2) is 4.26. The lowest BCUT2D eigenvalue weighted by molar-refractivity contribution is -0.00555. The molecule has 20 heavy (non-hydrogen) atoms. The number of rotatable bonds is 4. The average molecular weight is 289 g/mol. The highest BCUT2D eigenvalue weighted by Gasteiger charge is 2.53. The Balaban J connectivity index is 1.38. The second-order valence-electron chi connectivity index (χ2n) is 7.85. The summed E-state index contributed by atoms with van der Waals surface area (Å²) in [5, 5.41) is 15.3. The van der Waals surface area contributed by atoms with Gasteiger partial charge in [-0.2, -0.15) is 0 Å². The van der Waals surface area contributed by atoms with E-state index in [9.17, 15) is 0 Å². The molecule has 1 heterocycles. The largest absolute Gasteiger partial charge is 0.308 e. The van der Waals surface area contributed by atoms with Crippen molar-refractivity contribution >= 4 is 11.3 Å². The molecule has 0 aliphatic heterocycles. The Morgan fingerprint density at radius 2 is 1.65 bits per heavy atom. The van der Waals surface area contributed by atoms with Crippen LogP contribution >= 0.6 is 11.3 Å². The van der Waals surface area contributed by atoms with Gasteiger partial charge in [0.05, 0.1) is 0 Å². The van der Waals surface area contributed by atoms with E-state index in [4.69, 9.17) is 0 Å². The van der Waals surface area contributed by atoms with E-state index in [-0.39, 0.29) is 0 Å². The molecule has 0 spiro atoms. The molecule has 5 aliphatic carbocycles. The predicted molar refractivity (Wildman–Crippen MR) is 79.6 cm³/mol. The smallest absolute Gasteiger partial charge is 0.131 e. The van der Waals surface area contributed by atoms with Crippen molar-refractivity contribution in [2.75, 3.05) is 0 Å². The van der Waals surface area contributed by atoms with Crippen LogP contribution in [0.4, 0.5) is 0 Å².